The Bertz CT molecular complexity index is 1550. The minimum Gasteiger partial charge on any atom is -0.491 e. The molecule has 0 atom stereocenters. The Morgan fingerprint density at radius 2 is 1.66 bits per heavy atom. The van der Waals surface area contributed by atoms with Crippen molar-refractivity contribution in [1.29, 1.82) is 10.5 Å². The number of thioether (sulfide) groups is 1. The Balaban J connectivity index is 1.64. The molecule has 0 saturated heterocycles. The van der Waals surface area contributed by atoms with Gasteiger partial charge in [0.15, 0.2) is 0 Å². The molecule has 4 aromatic rings. The van der Waals surface area contributed by atoms with E-state index in [1.807, 2.05) is 0 Å². The number of aromatic nitrogens is 2. The molecule has 4 rings (SSSR count). The quantitative estimate of drug-likeness (QED) is 0.278. The molecule has 2 aromatic heterocycles. The molecule has 8 nitrogen and oxygen atoms in total. The Morgan fingerprint density at radius 1 is 1.03 bits per heavy atom. The maximum atomic E-state index is 13.3. The second kappa shape index (κ2) is 10.9. The molecular weight excluding hydrogens is 505 g/mol. The van der Waals surface area contributed by atoms with Crippen LogP contribution in [0.1, 0.15) is 36.4 Å². The van der Waals surface area contributed by atoms with Crippen molar-refractivity contribution < 1.29 is 18.7 Å². The van der Waals surface area contributed by atoms with Crippen molar-refractivity contribution in [2.45, 2.75) is 37.2 Å². The van der Waals surface area contributed by atoms with Gasteiger partial charge in [0.1, 0.15) is 52.5 Å². The molecule has 0 fully saturated rings. The van der Waals surface area contributed by atoms with Crippen molar-refractivity contribution in [3.05, 3.63) is 76.9 Å². The Kier molecular flexibility index (Phi) is 7.67. The molecule has 0 radical (unpaired) electrons. The van der Waals surface area contributed by atoms with Gasteiger partial charge in [0.2, 0.25) is 5.89 Å². The number of hydrogen-bond donors (Lipinski definition) is 2. The Morgan fingerprint density at radius 3 is 2.26 bits per heavy atom. The van der Waals surface area contributed by atoms with Gasteiger partial charge in [-0.25, -0.2) is 14.4 Å². The van der Waals surface area contributed by atoms with Crippen LogP contribution in [-0.2, 0) is 5.75 Å². The van der Waals surface area contributed by atoms with E-state index in [-0.39, 0.29) is 29.4 Å². The minimum atomic E-state index is -0.992. The molecule has 0 amide bonds. The van der Waals surface area contributed by atoms with Crippen molar-refractivity contribution >= 4 is 17.6 Å². The molecule has 0 spiro atoms. The second-order valence-electron chi connectivity index (χ2n) is 9.09. The van der Waals surface area contributed by atoms with E-state index in [0.717, 1.165) is 0 Å². The average Bonchev–Trinajstić information content (AvgIpc) is 3.26. The van der Waals surface area contributed by atoms with E-state index in [4.69, 9.17) is 14.9 Å². The zero-order valence-electron chi connectivity index (χ0n) is 20.9. The number of benzene rings is 2. The first-order chi connectivity index (χ1) is 18.1. The molecule has 10 heteroatoms. The number of oxazole rings is 1. The van der Waals surface area contributed by atoms with E-state index in [1.165, 1.54) is 23.9 Å². The lowest BCUT2D eigenvalue weighted by molar-refractivity contribution is 0.0285. The number of nitrogens with zero attached hydrogens (tertiary/aromatic N) is 4. The van der Waals surface area contributed by atoms with Crippen LogP contribution in [0.25, 0.3) is 22.6 Å². The van der Waals surface area contributed by atoms with E-state index in [9.17, 15) is 20.0 Å². The predicted molar refractivity (Wildman–Crippen MR) is 142 cm³/mol. The van der Waals surface area contributed by atoms with Gasteiger partial charge in [-0.2, -0.15) is 10.5 Å². The van der Waals surface area contributed by atoms with Crippen LogP contribution < -0.4 is 10.5 Å². The van der Waals surface area contributed by atoms with Crippen molar-refractivity contribution in [3.63, 3.8) is 0 Å². The molecule has 2 aromatic carbocycles. The highest BCUT2D eigenvalue weighted by molar-refractivity contribution is 7.98. The number of aliphatic hydroxyl groups is 1. The average molecular weight is 530 g/mol. The van der Waals surface area contributed by atoms with Gasteiger partial charge in [0, 0.05) is 16.9 Å². The first kappa shape index (κ1) is 26.7. The SMILES string of the molecule is Cc1oc(-c2ccc(F)cc2)nc1CSc1nc(N)c(C#N)c(-c2ccc(OCC(C)(C)O)cc2)c1C#N. The molecule has 0 unspecified atom stereocenters. The van der Waals surface area contributed by atoms with Crippen molar-refractivity contribution in [3.8, 4) is 40.5 Å². The largest absolute Gasteiger partial charge is 0.491 e. The number of ether oxygens (including phenoxy) is 1. The second-order valence-corrected chi connectivity index (χ2v) is 10.1. The lowest BCUT2D eigenvalue weighted by atomic mass is 9.97. The van der Waals surface area contributed by atoms with Gasteiger partial charge < -0.3 is 20.0 Å². The lowest BCUT2D eigenvalue weighted by Crippen LogP contribution is -2.27. The maximum Gasteiger partial charge on any atom is 0.226 e. The highest BCUT2D eigenvalue weighted by atomic mass is 32.2. The normalized spacial score (nSPS) is 11.1. The highest BCUT2D eigenvalue weighted by Gasteiger charge is 2.22. The topological polar surface area (TPSA) is 142 Å². The highest BCUT2D eigenvalue weighted by Crippen LogP contribution is 2.37. The molecule has 0 aliphatic rings. The molecular formula is C28H24FN5O3S. The van der Waals surface area contributed by atoms with Gasteiger partial charge in [-0.05, 0) is 62.7 Å². The molecule has 192 valence electrons. The summed E-state index contributed by atoms with van der Waals surface area (Å²) in [5.41, 5.74) is 7.72. The number of nitrogen functional groups attached to an aromatic ring is 1. The lowest BCUT2D eigenvalue weighted by Gasteiger charge is -2.18. The van der Waals surface area contributed by atoms with E-state index >= 15 is 0 Å². The summed E-state index contributed by atoms with van der Waals surface area (Å²) >= 11 is 1.25. The summed E-state index contributed by atoms with van der Waals surface area (Å²) in [4.78, 5) is 8.86. The summed E-state index contributed by atoms with van der Waals surface area (Å²) < 4.78 is 24.6. The summed E-state index contributed by atoms with van der Waals surface area (Å²) in [6.45, 7) is 5.16. The van der Waals surface area contributed by atoms with Crippen LogP contribution in [0.4, 0.5) is 10.2 Å². The predicted octanol–water partition coefficient (Wildman–Crippen LogP) is 5.62. The van der Waals surface area contributed by atoms with Crippen molar-refractivity contribution in [1.82, 2.24) is 9.97 Å². The van der Waals surface area contributed by atoms with E-state index in [0.29, 0.717) is 50.6 Å². The number of anilines is 1. The summed E-state index contributed by atoms with van der Waals surface area (Å²) in [7, 11) is 0. The van der Waals surface area contributed by atoms with Gasteiger partial charge >= 0.3 is 0 Å². The Hall–Kier alpha value is -4.38. The van der Waals surface area contributed by atoms with Gasteiger partial charge in [-0.15, -0.1) is 0 Å². The van der Waals surface area contributed by atoms with Gasteiger partial charge in [0.25, 0.3) is 0 Å². The molecule has 3 N–H and O–H groups in total. The first-order valence-electron chi connectivity index (χ1n) is 11.5. The van der Waals surface area contributed by atoms with Crippen LogP contribution in [0, 0.1) is 35.4 Å². The number of rotatable bonds is 8. The smallest absolute Gasteiger partial charge is 0.226 e. The summed E-state index contributed by atoms with van der Waals surface area (Å²) in [5.74, 6) is 1.45. The maximum absolute atomic E-state index is 13.3. The molecule has 38 heavy (non-hydrogen) atoms. The number of nitriles is 2. The third kappa shape index (κ3) is 5.94. The van der Waals surface area contributed by atoms with Crippen molar-refractivity contribution in [2.75, 3.05) is 12.3 Å². The summed E-state index contributed by atoms with van der Waals surface area (Å²) in [5, 5.41) is 30.1. The molecule has 0 aliphatic carbocycles. The minimum absolute atomic E-state index is 0.00947. The summed E-state index contributed by atoms with van der Waals surface area (Å²) in [6, 6.07) is 16.9. The first-order valence-corrected chi connectivity index (χ1v) is 12.5. The van der Waals surface area contributed by atoms with Crippen LogP contribution in [0.2, 0.25) is 0 Å². The fourth-order valence-corrected chi connectivity index (χ4v) is 4.58. The zero-order valence-corrected chi connectivity index (χ0v) is 21.8. The van der Waals surface area contributed by atoms with Crippen LogP contribution in [0.15, 0.2) is 58.0 Å². The molecule has 0 bridgehead atoms. The molecule has 0 saturated carbocycles. The summed E-state index contributed by atoms with van der Waals surface area (Å²) in [6.07, 6.45) is 0. The number of pyridine rings is 1. The fraction of sp³-hybridized carbons (Fsp3) is 0.214. The standard InChI is InChI=1S/C28H24FN5O3S/c1-16-23(33-26(37-16)18-4-8-19(29)9-5-18)14-38-27-22(13-31)24(21(12-30)25(32)34-27)17-6-10-20(11-7-17)36-15-28(2,3)35/h4-11,35H,14-15H2,1-3H3,(H2,32,34). The van der Waals surface area contributed by atoms with Crippen LogP contribution >= 0.6 is 11.8 Å². The molecule has 2 heterocycles. The van der Waals surface area contributed by atoms with Gasteiger partial charge in [-0.3, -0.25) is 0 Å². The number of halogens is 1. The van der Waals surface area contributed by atoms with E-state index in [1.54, 1.807) is 57.2 Å². The Labute approximate surface area is 223 Å². The fourth-order valence-electron chi connectivity index (χ4n) is 3.58. The van der Waals surface area contributed by atoms with Gasteiger partial charge in [-0.1, -0.05) is 23.9 Å². The van der Waals surface area contributed by atoms with E-state index < -0.39 is 5.60 Å². The zero-order chi connectivity index (χ0) is 27.4. The number of nitrogens with two attached hydrogens (primary N) is 1. The monoisotopic (exact) mass is 529 g/mol. The van der Waals surface area contributed by atoms with Crippen LogP contribution in [-0.4, -0.2) is 27.3 Å². The van der Waals surface area contributed by atoms with Crippen LogP contribution in [0.5, 0.6) is 5.75 Å². The van der Waals surface area contributed by atoms with Crippen LogP contribution in [0.3, 0.4) is 0 Å². The van der Waals surface area contributed by atoms with Crippen molar-refractivity contribution in [2.24, 2.45) is 0 Å². The van der Waals surface area contributed by atoms with Gasteiger partial charge in [0.05, 0.1) is 16.9 Å². The third-order valence-electron chi connectivity index (χ3n) is 5.48. The third-order valence-corrected chi connectivity index (χ3v) is 6.47. The number of hydrogen-bond acceptors (Lipinski definition) is 9. The number of aryl methyl sites for hydroxylation is 1. The molecule has 0 aliphatic heterocycles. The van der Waals surface area contributed by atoms with E-state index in [2.05, 4.69) is 22.1 Å².